The number of rotatable bonds is 1. The van der Waals surface area contributed by atoms with E-state index in [1.54, 1.807) is 11.1 Å². The molecule has 5 atom stereocenters. The summed E-state index contributed by atoms with van der Waals surface area (Å²) in [6.45, 7) is 0. The normalized spacial score (nSPS) is 40.9. The molecular weight excluding hydrogens is 271 g/mol. The maximum absolute atomic E-state index is 9.58. The quantitative estimate of drug-likeness (QED) is 0.576. The van der Waals surface area contributed by atoms with Crippen molar-refractivity contribution < 1.29 is 10.0 Å². The van der Waals surface area contributed by atoms with Gasteiger partial charge in [0.25, 0.3) is 0 Å². The lowest BCUT2D eigenvalue weighted by Gasteiger charge is -2.45. The topological polar surface area (TPSA) is 40.5 Å². The van der Waals surface area contributed by atoms with Crippen LogP contribution in [0.3, 0.4) is 0 Å². The Bertz CT molecular complexity index is 680. The van der Waals surface area contributed by atoms with E-state index in [0.29, 0.717) is 17.8 Å². The Balaban J connectivity index is 1.67. The Morgan fingerprint density at radius 2 is 2.00 bits per heavy atom. The minimum atomic E-state index is -1.30. The number of hydrogen-bond acceptors (Lipinski definition) is 2. The van der Waals surface area contributed by atoms with E-state index >= 15 is 0 Å². The van der Waals surface area contributed by atoms with Crippen LogP contribution in [0.1, 0.15) is 25.7 Å². The van der Waals surface area contributed by atoms with Crippen LogP contribution >= 0.6 is 0 Å². The summed E-state index contributed by atoms with van der Waals surface area (Å²) in [5.74, 6) is 3.14. The van der Waals surface area contributed by atoms with Gasteiger partial charge in [-0.25, -0.2) is 0 Å². The molecular formula is C19H21BO2. The average molecular weight is 292 g/mol. The first-order chi connectivity index (χ1) is 10.7. The molecule has 1 fully saturated rings. The summed E-state index contributed by atoms with van der Waals surface area (Å²) in [4.78, 5) is 0. The summed E-state index contributed by atoms with van der Waals surface area (Å²) in [6, 6.07) is 0. The van der Waals surface area contributed by atoms with Gasteiger partial charge in [0, 0.05) is 5.92 Å². The smallest absolute Gasteiger partial charge is 0.423 e. The summed E-state index contributed by atoms with van der Waals surface area (Å²) < 4.78 is 0. The lowest BCUT2D eigenvalue weighted by Crippen LogP contribution is -2.36. The Labute approximate surface area is 131 Å². The molecule has 5 aliphatic rings. The molecule has 0 aromatic carbocycles. The van der Waals surface area contributed by atoms with Crippen LogP contribution in [0.2, 0.25) is 0 Å². The van der Waals surface area contributed by atoms with Gasteiger partial charge in [0.15, 0.2) is 0 Å². The van der Waals surface area contributed by atoms with Gasteiger partial charge < -0.3 is 10.0 Å². The molecule has 0 saturated heterocycles. The molecule has 0 aliphatic heterocycles. The summed E-state index contributed by atoms with van der Waals surface area (Å²) in [6.07, 6.45) is 18.2. The highest BCUT2D eigenvalue weighted by atomic mass is 16.4. The Hall–Kier alpha value is -1.32. The fourth-order valence-electron chi connectivity index (χ4n) is 5.22. The van der Waals surface area contributed by atoms with Gasteiger partial charge in [-0.3, -0.25) is 0 Å². The maximum Gasteiger partial charge on any atom is 0.484 e. The molecule has 0 bridgehead atoms. The van der Waals surface area contributed by atoms with Gasteiger partial charge in [-0.2, -0.15) is 0 Å². The standard InChI is InChI=1S/C19H21BO2/c21-20(22)12-6-8-16-18(10-12)14-4-2-1-3-13(14)15-7-5-11-9-17(11)19(15)16/h1,3,5-8,11,13-14,17-18,21-22H,2,4,9-10H2. The van der Waals surface area contributed by atoms with Crippen molar-refractivity contribution in [2.45, 2.75) is 25.7 Å². The lowest BCUT2D eigenvalue weighted by molar-refractivity contribution is 0.274. The van der Waals surface area contributed by atoms with Crippen LogP contribution in [0.5, 0.6) is 0 Å². The van der Waals surface area contributed by atoms with Crippen LogP contribution in [-0.2, 0) is 0 Å². The van der Waals surface area contributed by atoms with Crippen LogP contribution in [0.15, 0.2) is 58.6 Å². The third-order valence-electron chi connectivity index (χ3n) is 6.37. The molecule has 2 nitrogen and oxygen atoms in total. The van der Waals surface area contributed by atoms with Crippen molar-refractivity contribution in [1.82, 2.24) is 0 Å². The van der Waals surface area contributed by atoms with E-state index in [9.17, 15) is 10.0 Å². The second-order valence-electron chi connectivity index (χ2n) is 7.48. The zero-order valence-electron chi connectivity index (χ0n) is 12.7. The predicted molar refractivity (Wildman–Crippen MR) is 87.6 cm³/mol. The van der Waals surface area contributed by atoms with Gasteiger partial charge in [0.2, 0.25) is 0 Å². The van der Waals surface area contributed by atoms with Crippen molar-refractivity contribution in [3.8, 4) is 0 Å². The highest BCUT2D eigenvalue weighted by Crippen LogP contribution is 2.60. The SMILES string of the molecule is OB(O)C1=CC=C2C3=C(C=CC4CC34)C3C=CCCC3C2C1. The second kappa shape index (κ2) is 4.59. The van der Waals surface area contributed by atoms with E-state index in [1.807, 2.05) is 6.08 Å². The van der Waals surface area contributed by atoms with Crippen LogP contribution in [0.25, 0.3) is 0 Å². The van der Waals surface area contributed by atoms with E-state index in [4.69, 9.17) is 0 Å². The molecule has 0 amide bonds. The van der Waals surface area contributed by atoms with Gasteiger partial charge in [-0.1, -0.05) is 36.5 Å². The van der Waals surface area contributed by atoms with Gasteiger partial charge in [0.1, 0.15) is 0 Å². The van der Waals surface area contributed by atoms with Gasteiger partial charge in [-0.15, -0.1) is 0 Å². The second-order valence-corrected chi connectivity index (χ2v) is 7.48. The summed E-state index contributed by atoms with van der Waals surface area (Å²) >= 11 is 0. The zero-order valence-corrected chi connectivity index (χ0v) is 12.7. The summed E-state index contributed by atoms with van der Waals surface area (Å²) in [5, 5.41) is 19.2. The molecule has 5 unspecified atom stereocenters. The Kier molecular flexibility index (Phi) is 2.75. The molecule has 112 valence electrons. The van der Waals surface area contributed by atoms with Crippen molar-refractivity contribution in [2.75, 3.05) is 0 Å². The van der Waals surface area contributed by atoms with Crippen molar-refractivity contribution in [2.24, 2.45) is 29.6 Å². The Morgan fingerprint density at radius 3 is 2.86 bits per heavy atom. The van der Waals surface area contributed by atoms with E-state index < -0.39 is 7.12 Å². The molecule has 0 aromatic rings. The molecule has 22 heavy (non-hydrogen) atoms. The molecule has 0 spiro atoms. The molecule has 0 aromatic heterocycles. The summed E-state index contributed by atoms with van der Waals surface area (Å²) in [7, 11) is -1.30. The monoisotopic (exact) mass is 292 g/mol. The maximum atomic E-state index is 9.58. The van der Waals surface area contributed by atoms with Gasteiger partial charge in [-0.05, 0) is 71.5 Å². The van der Waals surface area contributed by atoms with Crippen molar-refractivity contribution >= 4 is 7.12 Å². The largest absolute Gasteiger partial charge is 0.484 e. The van der Waals surface area contributed by atoms with E-state index in [-0.39, 0.29) is 0 Å². The van der Waals surface area contributed by atoms with Crippen molar-refractivity contribution in [1.29, 1.82) is 0 Å². The molecule has 5 rings (SSSR count). The molecule has 5 aliphatic carbocycles. The lowest BCUT2D eigenvalue weighted by atomic mass is 9.57. The Morgan fingerprint density at radius 1 is 1.09 bits per heavy atom. The third kappa shape index (κ3) is 1.76. The van der Waals surface area contributed by atoms with Crippen molar-refractivity contribution in [3.05, 3.63) is 58.6 Å². The first kappa shape index (κ1) is 13.2. The first-order valence-electron chi connectivity index (χ1n) is 8.60. The number of hydrogen-bond donors (Lipinski definition) is 2. The minimum absolute atomic E-state index is 0.475. The van der Waals surface area contributed by atoms with Gasteiger partial charge in [0.05, 0.1) is 0 Å². The van der Waals surface area contributed by atoms with Crippen LogP contribution in [0, 0.1) is 29.6 Å². The highest BCUT2D eigenvalue weighted by Gasteiger charge is 2.50. The fraction of sp³-hybridized carbons (Fsp3) is 0.474. The van der Waals surface area contributed by atoms with E-state index in [0.717, 1.165) is 30.1 Å². The average Bonchev–Trinajstić information content (AvgIpc) is 3.33. The van der Waals surface area contributed by atoms with E-state index in [1.165, 1.54) is 18.4 Å². The minimum Gasteiger partial charge on any atom is -0.423 e. The number of fused-ring (bicyclic) bond motifs is 7. The van der Waals surface area contributed by atoms with Gasteiger partial charge >= 0.3 is 7.12 Å². The molecule has 3 heteroatoms. The molecule has 2 N–H and O–H groups in total. The third-order valence-corrected chi connectivity index (χ3v) is 6.37. The van der Waals surface area contributed by atoms with Crippen LogP contribution < -0.4 is 0 Å². The van der Waals surface area contributed by atoms with Crippen LogP contribution in [0.4, 0.5) is 0 Å². The fourth-order valence-corrected chi connectivity index (χ4v) is 5.22. The number of allylic oxidation sites excluding steroid dienone is 10. The van der Waals surface area contributed by atoms with E-state index in [2.05, 4.69) is 30.4 Å². The van der Waals surface area contributed by atoms with Crippen LogP contribution in [-0.4, -0.2) is 17.2 Å². The molecule has 0 heterocycles. The predicted octanol–water partition coefficient (Wildman–Crippen LogP) is 2.97. The molecule has 1 saturated carbocycles. The van der Waals surface area contributed by atoms with Crippen molar-refractivity contribution in [3.63, 3.8) is 0 Å². The first-order valence-corrected chi connectivity index (χ1v) is 8.60. The zero-order chi connectivity index (χ0) is 14.8. The highest BCUT2D eigenvalue weighted by molar-refractivity contribution is 6.50. The molecule has 0 radical (unpaired) electrons. The summed E-state index contributed by atoms with van der Waals surface area (Å²) in [5.41, 5.74) is 5.45.